The lowest BCUT2D eigenvalue weighted by Gasteiger charge is -2.34. The van der Waals surface area contributed by atoms with E-state index in [2.05, 4.69) is 6.07 Å². The van der Waals surface area contributed by atoms with E-state index < -0.39 is 0 Å². The molecular formula is C24H22N4O2S. The molecule has 0 N–H and O–H groups in total. The lowest BCUT2D eigenvalue weighted by atomic mass is 10.0. The van der Waals surface area contributed by atoms with Gasteiger partial charge in [0.2, 0.25) is 0 Å². The van der Waals surface area contributed by atoms with Crippen molar-refractivity contribution < 1.29 is 4.79 Å². The molecule has 1 fully saturated rings. The van der Waals surface area contributed by atoms with Gasteiger partial charge in [-0.1, -0.05) is 12.1 Å². The zero-order valence-corrected chi connectivity index (χ0v) is 17.9. The van der Waals surface area contributed by atoms with Gasteiger partial charge in [0, 0.05) is 25.1 Å². The molecule has 6 nitrogen and oxygen atoms in total. The van der Waals surface area contributed by atoms with Gasteiger partial charge in [-0.15, -0.1) is 11.3 Å². The number of para-hydroxylation sites is 1. The summed E-state index contributed by atoms with van der Waals surface area (Å²) in [5, 5.41) is 1.59. The van der Waals surface area contributed by atoms with E-state index in [1.54, 1.807) is 34.1 Å². The molecule has 2 aliphatic rings. The maximum Gasteiger partial charge on any atom is 0.261 e. The quantitative estimate of drug-likeness (QED) is 0.475. The highest BCUT2D eigenvalue weighted by Gasteiger charge is 2.31. The van der Waals surface area contributed by atoms with Crippen LogP contribution in [0, 0.1) is 0 Å². The summed E-state index contributed by atoms with van der Waals surface area (Å²) in [6.45, 7) is 1.45. The first-order valence-electron chi connectivity index (χ1n) is 10.9. The number of nitrogens with zero attached hydrogens (tertiary/aromatic N) is 4. The molecule has 4 heterocycles. The fraction of sp³-hybridized carbons (Fsp3) is 0.333. The average Bonchev–Trinajstić information content (AvgIpc) is 3.45. The molecule has 7 heteroatoms. The molecule has 6 rings (SSSR count). The number of likely N-dealkylation sites (tertiary alicyclic amines) is 1. The standard InChI is InChI=1S/C24H22N4O2S/c29-23(15-10-11-16-18(14-15)25-21-9-5-13-28(21)24(16)30)27-12-4-3-7-19(27)22-26-17-6-1-2-8-20(17)31-22/h1-2,6,8,10-11,14,19H,3-5,7,9,12-13H2/t19-/m1/s1. The third-order valence-electron chi connectivity index (χ3n) is 6.42. The highest BCUT2D eigenvalue weighted by Crippen LogP contribution is 2.36. The molecular weight excluding hydrogens is 408 g/mol. The van der Waals surface area contributed by atoms with Gasteiger partial charge in [-0.3, -0.25) is 14.2 Å². The Labute approximate surface area is 183 Å². The number of piperidine rings is 1. The molecule has 0 unspecified atom stereocenters. The van der Waals surface area contributed by atoms with Crippen molar-refractivity contribution in [3.8, 4) is 0 Å². The fourth-order valence-corrected chi connectivity index (χ4v) is 5.96. The van der Waals surface area contributed by atoms with Crippen LogP contribution in [0.2, 0.25) is 0 Å². The van der Waals surface area contributed by atoms with Crippen LogP contribution >= 0.6 is 11.3 Å². The Balaban J connectivity index is 1.38. The van der Waals surface area contributed by atoms with Gasteiger partial charge in [-0.2, -0.15) is 0 Å². The van der Waals surface area contributed by atoms with E-state index in [9.17, 15) is 9.59 Å². The number of carbonyl (C=O) groups is 1. The largest absolute Gasteiger partial charge is 0.329 e. The van der Waals surface area contributed by atoms with E-state index in [-0.39, 0.29) is 17.5 Å². The SMILES string of the molecule is O=C(c1ccc2c(=O)n3c(nc2c1)CCC3)N1CCCC[C@@H]1c1nc2ccccc2s1. The van der Waals surface area contributed by atoms with Crippen LogP contribution in [0.3, 0.4) is 0 Å². The first-order chi connectivity index (χ1) is 15.2. The van der Waals surface area contributed by atoms with Crippen molar-refractivity contribution in [3.05, 3.63) is 69.2 Å². The smallest absolute Gasteiger partial charge is 0.261 e. The van der Waals surface area contributed by atoms with Crippen LogP contribution < -0.4 is 5.56 Å². The summed E-state index contributed by atoms with van der Waals surface area (Å²) in [4.78, 5) is 37.8. The van der Waals surface area contributed by atoms with E-state index in [0.29, 0.717) is 16.5 Å². The summed E-state index contributed by atoms with van der Waals surface area (Å²) in [5.41, 5.74) is 2.21. The second-order valence-electron chi connectivity index (χ2n) is 8.35. The summed E-state index contributed by atoms with van der Waals surface area (Å²) in [5.74, 6) is 0.820. The van der Waals surface area contributed by atoms with Crippen LogP contribution in [0.15, 0.2) is 47.3 Å². The number of carbonyl (C=O) groups excluding carboxylic acids is 1. The lowest BCUT2D eigenvalue weighted by molar-refractivity contribution is 0.0611. The topological polar surface area (TPSA) is 68.1 Å². The van der Waals surface area contributed by atoms with E-state index in [1.165, 1.54) is 0 Å². The van der Waals surface area contributed by atoms with Crippen LogP contribution in [0.4, 0.5) is 0 Å². The van der Waals surface area contributed by atoms with E-state index in [4.69, 9.17) is 9.97 Å². The van der Waals surface area contributed by atoms with Crippen molar-refractivity contribution in [3.63, 3.8) is 0 Å². The minimum absolute atomic E-state index is 0.00169. The number of rotatable bonds is 2. The average molecular weight is 431 g/mol. The number of aromatic nitrogens is 3. The minimum Gasteiger partial charge on any atom is -0.329 e. The van der Waals surface area contributed by atoms with Crippen LogP contribution in [0.25, 0.3) is 21.1 Å². The van der Waals surface area contributed by atoms with Crippen molar-refractivity contribution in [1.29, 1.82) is 0 Å². The van der Waals surface area contributed by atoms with Crippen molar-refractivity contribution in [2.75, 3.05) is 6.54 Å². The minimum atomic E-state index is -0.00653. The first kappa shape index (κ1) is 18.7. The molecule has 2 aliphatic heterocycles. The molecule has 0 saturated carbocycles. The summed E-state index contributed by atoms with van der Waals surface area (Å²) >= 11 is 1.68. The van der Waals surface area contributed by atoms with Gasteiger partial charge in [-0.25, -0.2) is 9.97 Å². The molecule has 1 saturated heterocycles. The van der Waals surface area contributed by atoms with Crippen molar-refractivity contribution in [2.45, 2.75) is 44.7 Å². The molecule has 0 aliphatic carbocycles. The highest BCUT2D eigenvalue weighted by molar-refractivity contribution is 7.18. The molecule has 0 radical (unpaired) electrons. The number of amides is 1. The van der Waals surface area contributed by atoms with Gasteiger partial charge in [0.05, 0.1) is 27.2 Å². The maximum atomic E-state index is 13.6. The van der Waals surface area contributed by atoms with Crippen molar-refractivity contribution in [1.82, 2.24) is 19.4 Å². The summed E-state index contributed by atoms with van der Waals surface area (Å²) in [7, 11) is 0. The van der Waals surface area contributed by atoms with Gasteiger partial charge < -0.3 is 4.90 Å². The fourth-order valence-electron chi connectivity index (χ4n) is 4.85. The Morgan fingerprint density at radius 2 is 1.90 bits per heavy atom. The molecule has 156 valence electrons. The summed E-state index contributed by atoms with van der Waals surface area (Å²) in [6, 6.07) is 13.5. The molecule has 1 amide bonds. The third-order valence-corrected chi connectivity index (χ3v) is 7.56. The first-order valence-corrected chi connectivity index (χ1v) is 11.7. The lowest BCUT2D eigenvalue weighted by Crippen LogP contribution is -2.38. The van der Waals surface area contributed by atoms with Gasteiger partial charge in [-0.05, 0) is 56.0 Å². The van der Waals surface area contributed by atoms with Gasteiger partial charge in [0.1, 0.15) is 10.8 Å². The normalized spacial score (nSPS) is 18.6. The van der Waals surface area contributed by atoms with Crippen LogP contribution in [0.1, 0.15) is 52.9 Å². The second-order valence-corrected chi connectivity index (χ2v) is 9.41. The molecule has 0 bridgehead atoms. The number of aryl methyl sites for hydroxylation is 1. The zero-order chi connectivity index (χ0) is 20.9. The molecule has 31 heavy (non-hydrogen) atoms. The predicted molar refractivity (Wildman–Crippen MR) is 122 cm³/mol. The number of benzene rings is 2. The predicted octanol–water partition coefficient (Wildman–Crippen LogP) is 4.32. The number of hydrogen-bond donors (Lipinski definition) is 0. The molecule has 1 atom stereocenters. The number of fused-ring (bicyclic) bond motifs is 3. The summed E-state index contributed by atoms with van der Waals surface area (Å²) < 4.78 is 2.91. The molecule has 2 aromatic carbocycles. The molecule has 0 spiro atoms. The highest BCUT2D eigenvalue weighted by atomic mass is 32.1. The Morgan fingerprint density at radius 1 is 1.00 bits per heavy atom. The number of hydrogen-bond acceptors (Lipinski definition) is 5. The summed E-state index contributed by atoms with van der Waals surface area (Å²) in [6.07, 6.45) is 4.77. The van der Waals surface area contributed by atoms with Gasteiger partial charge >= 0.3 is 0 Å². The third kappa shape index (κ3) is 3.07. The Bertz CT molecular complexity index is 1360. The Kier molecular flexibility index (Phi) is 4.38. The van der Waals surface area contributed by atoms with Gasteiger partial charge in [0.25, 0.3) is 11.5 Å². The maximum absolute atomic E-state index is 13.6. The van der Waals surface area contributed by atoms with Crippen LogP contribution in [-0.2, 0) is 13.0 Å². The van der Waals surface area contributed by atoms with E-state index in [0.717, 1.165) is 66.2 Å². The monoisotopic (exact) mass is 430 g/mol. The van der Waals surface area contributed by atoms with E-state index >= 15 is 0 Å². The van der Waals surface area contributed by atoms with Crippen LogP contribution in [0.5, 0.6) is 0 Å². The van der Waals surface area contributed by atoms with Crippen molar-refractivity contribution >= 4 is 38.4 Å². The van der Waals surface area contributed by atoms with Gasteiger partial charge in [0.15, 0.2) is 0 Å². The number of thiazole rings is 1. The van der Waals surface area contributed by atoms with Crippen LogP contribution in [-0.4, -0.2) is 31.9 Å². The molecule has 2 aromatic heterocycles. The second kappa shape index (κ2) is 7.27. The van der Waals surface area contributed by atoms with Crippen molar-refractivity contribution in [2.24, 2.45) is 0 Å². The zero-order valence-electron chi connectivity index (χ0n) is 17.1. The Hall–Kier alpha value is -3.06. The van der Waals surface area contributed by atoms with E-state index in [1.807, 2.05) is 23.1 Å². The Morgan fingerprint density at radius 3 is 2.81 bits per heavy atom. The molecule has 4 aromatic rings.